The standard InChI is InChI=1S/C17H29N7O2/c1-2-3-8-20-16-22-14(18)13-15(23-16)24(17(25)21-13)9-5-7-19-11-12-6-4-10-26-12/h12,19H,2-11H2,1H3,(H,21,25)(H3,18,20,22,23). The van der Waals surface area contributed by atoms with Gasteiger partial charge in [-0.15, -0.1) is 0 Å². The van der Waals surface area contributed by atoms with Gasteiger partial charge in [0.05, 0.1) is 6.10 Å². The molecule has 3 heterocycles. The number of nitrogens with one attached hydrogen (secondary N) is 3. The zero-order valence-electron chi connectivity index (χ0n) is 15.4. The molecule has 1 aliphatic heterocycles. The Hall–Kier alpha value is -2.13. The number of nitrogens with two attached hydrogens (primary N) is 1. The van der Waals surface area contributed by atoms with E-state index in [9.17, 15) is 4.79 Å². The van der Waals surface area contributed by atoms with Crippen LogP contribution >= 0.6 is 0 Å². The lowest BCUT2D eigenvalue weighted by molar-refractivity contribution is 0.110. The van der Waals surface area contributed by atoms with Crippen LogP contribution in [0.25, 0.3) is 11.2 Å². The summed E-state index contributed by atoms with van der Waals surface area (Å²) in [6, 6.07) is 0. The van der Waals surface area contributed by atoms with Gasteiger partial charge in [0.1, 0.15) is 5.52 Å². The number of imidazole rings is 1. The second kappa shape index (κ2) is 9.00. The van der Waals surface area contributed by atoms with Gasteiger partial charge in [0.15, 0.2) is 11.5 Å². The third-order valence-corrected chi connectivity index (χ3v) is 4.60. The summed E-state index contributed by atoms with van der Waals surface area (Å²) in [4.78, 5) is 23.7. The first-order valence-corrected chi connectivity index (χ1v) is 9.51. The Labute approximate surface area is 152 Å². The van der Waals surface area contributed by atoms with Crippen LogP contribution in [0.1, 0.15) is 39.0 Å². The van der Waals surface area contributed by atoms with Gasteiger partial charge in [0, 0.05) is 26.2 Å². The summed E-state index contributed by atoms with van der Waals surface area (Å²) < 4.78 is 7.22. The van der Waals surface area contributed by atoms with Crippen molar-refractivity contribution in [3.8, 4) is 0 Å². The fourth-order valence-electron chi connectivity index (χ4n) is 3.15. The smallest absolute Gasteiger partial charge is 0.327 e. The molecule has 9 nitrogen and oxygen atoms in total. The first-order chi connectivity index (χ1) is 12.7. The molecule has 1 atom stereocenters. The fraction of sp³-hybridized carbons (Fsp3) is 0.706. The number of aromatic amines is 1. The summed E-state index contributed by atoms with van der Waals surface area (Å²) in [6.45, 7) is 6.03. The molecule has 0 radical (unpaired) electrons. The zero-order valence-corrected chi connectivity index (χ0v) is 15.4. The topological polar surface area (TPSA) is 123 Å². The minimum atomic E-state index is -0.203. The number of anilines is 2. The van der Waals surface area contributed by atoms with Gasteiger partial charge in [-0.25, -0.2) is 4.79 Å². The molecule has 0 spiro atoms. The average molecular weight is 363 g/mol. The van der Waals surface area contributed by atoms with Crippen LogP contribution in [0, 0.1) is 0 Å². The maximum absolute atomic E-state index is 12.3. The Morgan fingerprint density at radius 3 is 3.00 bits per heavy atom. The second-order valence-corrected chi connectivity index (χ2v) is 6.69. The van der Waals surface area contributed by atoms with E-state index in [0.29, 0.717) is 35.6 Å². The molecule has 0 bridgehead atoms. The Bertz CT molecular complexity index is 764. The molecular formula is C17H29N7O2. The van der Waals surface area contributed by atoms with E-state index in [1.54, 1.807) is 4.57 Å². The first kappa shape index (κ1) is 18.7. The van der Waals surface area contributed by atoms with Crippen LogP contribution < -0.4 is 22.1 Å². The second-order valence-electron chi connectivity index (χ2n) is 6.69. The summed E-state index contributed by atoms with van der Waals surface area (Å²) in [5, 5.41) is 6.56. The van der Waals surface area contributed by atoms with Crippen molar-refractivity contribution < 1.29 is 4.74 Å². The maximum atomic E-state index is 12.3. The summed E-state index contributed by atoms with van der Waals surface area (Å²) >= 11 is 0. The lowest BCUT2D eigenvalue weighted by Gasteiger charge is -2.11. The lowest BCUT2D eigenvalue weighted by Crippen LogP contribution is -2.28. The number of unbranched alkanes of at least 4 members (excludes halogenated alkanes) is 1. The maximum Gasteiger partial charge on any atom is 0.327 e. The molecule has 2 aromatic rings. The summed E-state index contributed by atoms with van der Waals surface area (Å²) in [5.74, 6) is 0.758. The summed E-state index contributed by atoms with van der Waals surface area (Å²) in [5.41, 5.74) is 6.85. The quantitative estimate of drug-likeness (QED) is 0.466. The van der Waals surface area contributed by atoms with E-state index in [4.69, 9.17) is 10.5 Å². The van der Waals surface area contributed by atoms with Crippen molar-refractivity contribution in [1.29, 1.82) is 0 Å². The number of aryl methyl sites for hydroxylation is 1. The van der Waals surface area contributed by atoms with Crippen molar-refractivity contribution in [3.63, 3.8) is 0 Å². The molecule has 9 heteroatoms. The van der Waals surface area contributed by atoms with Crippen molar-refractivity contribution in [3.05, 3.63) is 10.5 Å². The Morgan fingerprint density at radius 2 is 2.23 bits per heavy atom. The molecule has 144 valence electrons. The van der Waals surface area contributed by atoms with Crippen molar-refractivity contribution >= 4 is 22.9 Å². The SMILES string of the molecule is CCCCNc1nc(N)c2[nH]c(=O)n(CCCNCC3CCCO3)c2n1. The number of ether oxygens (including phenoxy) is 1. The number of fused-ring (bicyclic) bond motifs is 1. The molecule has 5 N–H and O–H groups in total. The molecule has 1 fully saturated rings. The predicted octanol–water partition coefficient (Wildman–Crippen LogP) is 1.07. The molecule has 0 aromatic carbocycles. The highest BCUT2D eigenvalue weighted by atomic mass is 16.5. The number of hydrogen-bond donors (Lipinski definition) is 4. The third kappa shape index (κ3) is 4.53. The van der Waals surface area contributed by atoms with E-state index in [1.165, 1.54) is 0 Å². The molecule has 3 rings (SSSR count). The highest BCUT2D eigenvalue weighted by Crippen LogP contribution is 2.16. The number of nitrogen functional groups attached to an aromatic ring is 1. The van der Waals surface area contributed by atoms with Crippen molar-refractivity contribution in [2.45, 2.75) is 51.7 Å². The van der Waals surface area contributed by atoms with Gasteiger partial charge in [0.2, 0.25) is 5.95 Å². The van der Waals surface area contributed by atoms with E-state index in [2.05, 4.69) is 32.5 Å². The van der Waals surface area contributed by atoms with Crippen LogP contribution in [-0.2, 0) is 11.3 Å². The van der Waals surface area contributed by atoms with Crippen LogP contribution in [-0.4, -0.2) is 51.9 Å². The monoisotopic (exact) mass is 363 g/mol. The van der Waals surface area contributed by atoms with Gasteiger partial charge in [-0.3, -0.25) is 4.57 Å². The minimum absolute atomic E-state index is 0.203. The molecule has 0 saturated carbocycles. The van der Waals surface area contributed by atoms with Crippen molar-refractivity contribution in [2.75, 3.05) is 37.3 Å². The van der Waals surface area contributed by atoms with Crippen LogP contribution in [0.2, 0.25) is 0 Å². The average Bonchev–Trinajstić information content (AvgIpc) is 3.24. The first-order valence-electron chi connectivity index (χ1n) is 9.51. The van der Waals surface area contributed by atoms with Crippen LogP contribution in [0.15, 0.2) is 4.79 Å². The molecule has 0 amide bonds. The minimum Gasteiger partial charge on any atom is -0.382 e. The molecule has 2 aromatic heterocycles. The van der Waals surface area contributed by atoms with Gasteiger partial charge in [-0.2, -0.15) is 9.97 Å². The molecule has 1 aliphatic rings. The molecule has 26 heavy (non-hydrogen) atoms. The predicted molar refractivity (Wildman–Crippen MR) is 102 cm³/mol. The van der Waals surface area contributed by atoms with E-state index in [-0.39, 0.29) is 5.69 Å². The third-order valence-electron chi connectivity index (χ3n) is 4.60. The van der Waals surface area contributed by atoms with E-state index in [1.807, 2.05) is 0 Å². The Morgan fingerprint density at radius 1 is 1.35 bits per heavy atom. The van der Waals surface area contributed by atoms with Gasteiger partial charge < -0.3 is 26.1 Å². The zero-order chi connectivity index (χ0) is 18.4. The number of aromatic nitrogens is 4. The highest BCUT2D eigenvalue weighted by molar-refractivity contribution is 5.82. The van der Waals surface area contributed by atoms with E-state index in [0.717, 1.165) is 58.3 Å². The van der Waals surface area contributed by atoms with Crippen molar-refractivity contribution in [2.24, 2.45) is 0 Å². The van der Waals surface area contributed by atoms with Crippen LogP contribution in [0.4, 0.5) is 11.8 Å². The molecule has 0 aliphatic carbocycles. The Kier molecular flexibility index (Phi) is 6.45. The number of rotatable bonds is 10. The van der Waals surface area contributed by atoms with Gasteiger partial charge in [-0.1, -0.05) is 13.3 Å². The number of nitrogens with zero attached hydrogens (tertiary/aromatic N) is 3. The Balaban J connectivity index is 1.61. The number of hydrogen-bond acceptors (Lipinski definition) is 7. The summed E-state index contributed by atoms with van der Waals surface area (Å²) in [7, 11) is 0. The van der Waals surface area contributed by atoms with Crippen LogP contribution in [0.5, 0.6) is 0 Å². The van der Waals surface area contributed by atoms with Crippen molar-refractivity contribution in [1.82, 2.24) is 24.8 Å². The molecule has 1 saturated heterocycles. The van der Waals surface area contributed by atoms with Crippen LogP contribution in [0.3, 0.4) is 0 Å². The highest BCUT2D eigenvalue weighted by Gasteiger charge is 2.15. The summed E-state index contributed by atoms with van der Waals surface area (Å²) in [6.07, 6.45) is 5.53. The normalized spacial score (nSPS) is 17.2. The fourth-order valence-corrected chi connectivity index (χ4v) is 3.15. The van der Waals surface area contributed by atoms with E-state index >= 15 is 0 Å². The molecular weight excluding hydrogens is 334 g/mol. The van der Waals surface area contributed by atoms with E-state index < -0.39 is 0 Å². The van der Waals surface area contributed by atoms with Gasteiger partial charge in [-0.05, 0) is 32.2 Å². The van der Waals surface area contributed by atoms with Gasteiger partial charge in [0.25, 0.3) is 0 Å². The largest absolute Gasteiger partial charge is 0.382 e. The molecule has 1 unspecified atom stereocenters. The lowest BCUT2D eigenvalue weighted by atomic mass is 10.2. The number of H-pyrrole nitrogens is 1. The van der Waals surface area contributed by atoms with Gasteiger partial charge >= 0.3 is 5.69 Å².